The average molecular weight is 425 g/mol. The third-order valence-electron chi connectivity index (χ3n) is 4.11. The smallest absolute Gasteiger partial charge is 0.266 e. The van der Waals surface area contributed by atoms with Crippen molar-refractivity contribution in [3.8, 4) is 0 Å². The van der Waals surface area contributed by atoms with Crippen LogP contribution < -0.4 is 4.90 Å². The van der Waals surface area contributed by atoms with Gasteiger partial charge in [0.2, 0.25) is 0 Å². The number of benzene rings is 1. The number of fused-ring (bicyclic) bond motifs is 1. The molecule has 4 nitrogen and oxygen atoms in total. The van der Waals surface area contributed by atoms with Crippen molar-refractivity contribution in [1.29, 1.82) is 0 Å². The van der Waals surface area contributed by atoms with Crippen molar-refractivity contribution < 1.29 is 9.59 Å². The summed E-state index contributed by atoms with van der Waals surface area (Å²) >= 11 is 9.98. The SMILES string of the molecule is CCCCN1C(=O)/C(=C2\SC(=S)N(CC)C2=O)c2cc(Br)ccc21. The first-order chi connectivity index (χ1) is 11.5. The lowest BCUT2D eigenvalue weighted by molar-refractivity contribution is -0.122. The maximum atomic E-state index is 13.0. The van der Waals surface area contributed by atoms with Gasteiger partial charge in [0.05, 0.1) is 16.2 Å². The zero-order valence-electron chi connectivity index (χ0n) is 13.5. The number of likely N-dealkylation sites (N-methyl/N-ethyl adjacent to an activating group) is 1. The van der Waals surface area contributed by atoms with E-state index in [0.717, 1.165) is 28.6 Å². The highest BCUT2D eigenvalue weighted by molar-refractivity contribution is 9.10. The minimum absolute atomic E-state index is 0.104. The monoisotopic (exact) mass is 424 g/mol. The van der Waals surface area contributed by atoms with Gasteiger partial charge >= 0.3 is 0 Å². The second kappa shape index (κ2) is 6.98. The lowest BCUT2D eigenvalue weighted by Gasteiger charge is -2.16. The molecule has 0 unspecified atom stereocenters. The van der Waals surface area contributed by atoms with Crippen LogP contribution in [-0.4, -0.2) is 34.1 Å². The van der Waals surface area contributed by atoms with Crippen LogP contribution in [-0.2, 0) is 9.59 Å². The van der Waals surface area contributed by atoms with E-state index < -0.39 is 0 Å². The van der Waals surface area contributed by atoms with Crippen molar-refractivity contribution in [3.05, 3.63) is 33.1 Å². The van der Waals surface area contributed by atoms with E-state index in [0.29, 0.717) is 27.9 Å². The van der Waals surface area contributed by atoms with Crippen molar-refractivity contribution >= 4 is 67.3 Å². The fourth-order valence-corrected chi connectivity index (χ4v) is 4.70. The van der Waals surface area contributed by atoms with Gasteiger partial charge in [-0.3, -0.25) is 14.5 Å². The molecule has 1 aromatic carbocycles. The number of nitrogens with zero attached hydrogens (tertiary/aromatic N) is 2. The third kappa shape index (κ3) is 2.82. The number of hydrogen-bond donors (Lipinski definition) is 0. The maximum Gasteiger partial charge on any atom is 0.266 e. The summed E-state index contributed by atoms with van der Waals surface area (Å²) in [5.74, 6) is -0.271. The van der Waals surface area contributed by atoms with Crippen LogP contribution in [0.4, 0.5) is 5.69 Å². The van der Waals surface area contributed by atoms with E-state index in [2.05, 4.69) is 22.9 Å². The number of thiocarbonyl (C=S) groups is 1. The second-order valence-corrected chi connectivity index (χ2v) is 8.15. The van der Waals surface area contributed by atoms with E-state index in [9.17, 15) is 9.59 Å². The number of thioether (sulfide) groups is 1. The van der Waals surface area contributed by atoms with Gasteiger partial charge in [-0.1, -0.05) is 53.3 Å². The van der Waals surface area contributed by atoms with Gasteiger partial charge in [0.15, 0.2) is 0 Å². The van der Waals surface area contributed by atoms with E-state index in [1.54, 1.807) is 9.80 Å². The molecule has 0 aromatic heterocycles. The molecule has 2 amide bonds. The van der Waals surface area contributed by atoms with Crippen molar-refractivity contribution in [2.75, 3.05) is 18.0 Å². The molecule has 1 saturated heterocycles. The molecule has 2 aliphatic heterocycles. The van der Waals surface area contributed by atoms with Crippen LogP contribution in [0.3, 0.4) is 0 Å². The average Bonchev–Trinajstić information content (AvgIpc) is 2.98. The molecule has 0 N–H and O–H groups in total. The molecule has 1 fully saturated rings. The molecule has 0 atom stereocenters. The number of carbonyl (C=O) groups excluding carboxylic acids is 2. The highest BCUT2D eigenvalue weighted by Crippen LogP contribution is 2.45. The first-order valence-corrected chi connectivity index (χ1v) is 9.91. The molecular formula is C17H17BrN2O2S2. The Bertz CT molecular complexity index is 776. The molecule has 24 heavy (non-hydrogen) atoms. The summed E-state index contributed by atoms with van der Waals surface area (Å²) in [6.07, 6.45) is 1.92. The Hall–Kier alpha value is -1.18. The van der Waals surface area contributed by atoms with E-state index in [1.165, 1.54) is 11.8 Å². The van der Waals surface area contributed by atoms with Crippen LogP contribution in [0.1, 0.15) is 32.3 Å². The van der Waals surface area contributed by atoms with Crippen LogP contribution in [0.2, 0.25) is 0 Å². The molecule has 1 aromatic rings. The van der Waals surface area contributed by atoms with Crippen LogP contribution in [0.15, 0.2) is 27.6 Å². The topological polar surface area (TPSA) is 40.6 Å². The van der Waals surface area contributed by atoms with Gasteiger partial charge in [-0.25, -0.2) is 0 Å². The lowest BCUT2D eigenvalue weighted by atomic mass is 10.1. The first kappa shape index (κ1) is 17.6. The molecule has 2 aliphatic rings. The van der Waals surface area contributed by atoms with Gasteiger partial charge in [-0.15, -0.1) is 0 Å². The summed E-state index contributed by atoms with van der Waals surface area (Å²) in [5.41, 5.74) is 2.16. The summed E-state index contributed by atoms with van der Waals surface area (Å²) in [6.45, 7) is 5.14. The van der Waals surface area contributed by atoms with Crippen molar-refractivity contribution in [2.45, 2.75) is 26.7 Å². The molecule has 0 aliphatic carbocycles. The van der Waals surface area contributed by atoms with Crippen molar-refractivity contribution in [1.82, 2.24) is 4.90 Å². The number of hydrogen-bond acceptors (Lipinski definition) is 4. The second-order valence-electron chi connectivity index (χ2n) is 5.59. The fraction of sp³-hybridized carbons (Fsp3) is 0.353. The highest BCUT2D eigenvalue weighted by atomic mass is 79.9. The predicted molar refractivity (Wildman–Crippen MR) is 106 cm³/mol. The summed E-state index contributed by atoms with van der Waals surface area (Å²) in [7, 11) is 0. The van der Waals surface area contributed by atoms with E-state index in [1.807, 2.05) is 25.1 Å². The fourth-order valence-electron chi connectivity index (χ4n) is 2.88. The van der Waals surface area contributed by atoms with E-state index >= 15 is 0 Å². The number of halogens is 1. The molecule has 126 valence electrons. The van der Waals surface area contributed by atoms with Crippen LogP contribution >= 0.6 is 39.9 Å². The zero-order chi connectivity index (χ0) is 17.4. The van der Waals surface area contributed by atoms with Crippen LogP contribution in [0, 0.1) is 0 Å². The summed E-state index contributed by atoms with van der Waals surface area (Å²) in [4.78, 5) is 29.5. The third-order valence-corrected chi connectivity index (χ3v) is 6.05. The molecule has 0 spiro atoms. The Kier molecular flexibility index (Phi) is 5.13. The number of anilines is 1. The van der Waals surface area contributed by atoms with Gasteiger partial charge < -0.3 is 4.90 Å². The predicted octanol–water partition coefficient (Wildman–Crippen LogP) is 4.19. The molecular weight excluding hydrogens is 408 g/mol. The van der Waals surface area contributed by atoms with Crippen LogP contribution in [0.25, 0.3) is 5.57 Å². The van der Waals surface area contributed by atoms with Gasteiger partial charge in [0.1, 0.15) is 4.32 Å². The Morgan fingerprint density at radius 3 is 2.54 bits per heavy atom. The minimum atomic E-state index is -0.167. The van der Waals surface area contributed by atoms with Gasteiger partial charge in [-0.2, -0.15) is 0 Å². The van der Waals surface area contributed by atoms with E-state index in [4.69, 9.17) is 12.2 Å². The van der Waals surface area contributed by atoms with Gasteiger partial charge in [0, 0.05) is 23.1 Å². The molecule has 0 radical (unpaired) electrons. The Morgan fingerprint density at radius 2 is 1.92 bits per heavy atom. The number of carbonyl (C=O) groups is 2. The quantitative estimate of drug-likeness (QED) is 0.536. The zero-order valence-corrected chi connectivity index (χ0v) is 16.7. The van der Waals surface area contributed by atoms with Gasteiger partial charge in [-0.05, 0) is 31.5 Å². The van der Waals surface area contributed by atoms with Crippen LogP contribution in [0.5, 0.6) is 0 Å². The molecule has 2 heterocycles. The Labute approximate surface area is 159 Å². The van der Waals surface area contributed by atoms with Crippen molar-refractivity contribution in [2.24, 2.45) is 0 Å². The molecule has 0 bridgehead atoms. The minimum Gasteiger partial charge on any atom is -0.308 e. The normalized spacial score (nSPS) is 20.4. The van der Waals surface area contributed by atoms with E-state index in [-0.39, 0.29) is 11.8 Å². The standard InChI is InChI=1S/C17H17BrN2O2S2/c1-3-5-8-20-12-7-6-10(18)9-11(12)13(15(20)21)14-16(22)19(4-2)17(23)24-14/h6-7,9H,3-5,8H2,1-2H3/b14-13-. The number of unbranched alkanes of at least 4 members (excludes halogenated alkanes) is 1. The molecule has 0 saturated carbocycles. The summed E-state index contributed by atoms with van der Waals surface area (Å²) in [5, 5.41) is 0. The van der Waals surface area contributed by atoms with Crippen molar-refractivity contribution in [3.63, 3.8) is 0 Å². The highest BCUT2D eigenvalue weighted by Gasteiger charge is 2.41. The lowest BCUT2D eigenvalue weighted by Crippen LogP contribution is -2.29. The number of amides is 2. The van der Waals surface area contributed by atoms with Gasteiger partial charge in [0.25, 0.3) is 11.8 Å². The molecule has 7 heteroatoms. The largest absolute Gasteiger partial charge is 0.308 e. The number of rotatable bonds is 4. The Morgan fingerprint density at radius 1 is 1.17 bits per heavy atom. The Balaban J connectivity index is 2.14. The summed E-state index contributed by atoms with van der Waals surface area (Å²) < 4.78 is 1.40. The maximum absolute atomic E-state index is 13.0. The molecule has 3 rings (SSSR count). The first-order valence-electron chi connectivity index (χ1n) is 7.89. The summed E-state index contributed by atoms with van der Waals surface area (Å²) in [6, 6.07) is 5.76.